The molecule has 2 rings (SSSR count). The van der Waals surface area contributed by atoms with Gasteiger partial charge in [0.15, 0.2) is 5.82 Å². The van der Waals surface area contributed by atoms with Crippen LogP contribution in [0.5, 0.6) is 0 Å². The van der Waals surface area contributed by atoms with Gasteiger partial charge in [0.05, 0.1) is 6.42 Å². The Balaban J connectivity index is 1.89. The Labute approximate surface area is 93.9 Å². The maximum atomic E-state index is 11.8. The molecule has 2 heterocycles. The van der Waals surface area contributed by atoms with Crippen molar-refractivity contribution >= 4 is 11.7 Å². The summed E-state index contributed by atoms with van der Waals surface area (Å²) < 4.78 is 0. The summed E-state index contributed by atoms with van der Waals surface area (Å²) in [5.41, 5.74) is 0. The van der Waals surface area contributed by atoms with Gasteiger partial charge in [0.25, 0.3) is 0 Å². The van der Waals surface area contributed by atoms with Crippen molar-refractivity contribution < 1.29 is 9.59 Å². The Morgan fingerprint density at radius 2 is 2.06 bits per heavy atom. The highest BCUT2D eigenvalue weighted by Crippen LogP contribution is 2.10. The molecule has 0 radical (unpaired) electrons. The molecule has 5 nitrogen and oxygen atoms in total. The van der Waals surface area contributed by atoms with Crippen LogP contribution in [-0.2, 0) is 4.79 Å². The molecule has 1 saturated heterocycles. The number of amides is 1. The third kappa shape index (κ3) is 2.48. The van der Waals surface area contributed by atoms with Crippen LogP contribution >= 0.6 is 0 Å². The van der Waals surface area contributed by atoms with Crippen LogP contribution < -0.4 is 0 Å². The molecule has 1 aliphatic rings. The molecule has 1 fully saturated rings. The number of piperidine rings is 1. The van der Waals surface area contributed by atoms with Gasteiger partial charge in [0.1, 0.15) is 0 Å². The second-order valence-corrected chi connectivity index (χ2v) is 3.98. The van der Waals surface area contributed by atoms with Crippen LogP contribution in [0.4, 0.5) is 0 Å². The lowest BCUT2D eigenvalue weighted by Gasteiger charge is -2.26. The first kappa shape index (κ1) is 10.9. The minimum Gasteiger partial charge on any atom is -0.342 e. The average molecular weight is 221 g/mol. The fourth-order valence-electron chi connectivity index (χ4n) is 1.89. The number of carbonyl (C=O) groups excluding carboxylic acids is 2. The highest BCUT2D eigenvalue weighted by Gasteiger charge is 2.20. The zero-order chi connectivity index (χ0) is 11.4. The molecule has 0 atom stereocenters. The van der Waals surface area contributed by atoms with Crippen molar-refractivity contribution in [2.75, 3.05) is 13.1 Å². The summed E-state index contributed by atoms with van der Waals surface area (Å²) in [7, 11) is 0. The van der Waals surface area contributed by atoms with Gasteiger partial charge in [-0.3, -0.25) is 9.59 Å². The van der Waals surface area contributed by atoms with E-state index in [0.717, 1.165) is 25.9 Å². The first-order valence-corrected chi connectivity index (χ1v) is 5.58. The summed E-state index contributed by atoms with van der Waals surface area (Å²) in [6.45, 7) is 1.56. The topological polar surface area (TPSA) is 66.1 Å². The van der Waals surface area contributed by atoms with E-state index >= 15 is 0 Å². The van der Waals surface area contributed by atoms with E-state index in [1.165, 1.54) is 12.6 Å². The summed E-state index contributed by atoms with van der Waals surface area (Å²) in [5.74, 6) is -0.0490. The SMILES string of the molecule is O=C(CC(=O)N1CCCCC1)c1ncc[nH]1. The number of imidazole rings is 1. The summed E-state index contributed by atoms with van der Waals surface area (Å²) in [6, 6.07) is 0. The van der Waals surface area contributed by atoms with Gasteiger partial charge < -0.3 is 9.88 Å². The van der Waals surface area contributed by atoms with E-state index in [-0.39, 0.29) is 23.9 Å². The molecule has 1 amide bonds. The van der Waals surface area contributed by atoms with Crippen LogP contribution in [-0.4, -0.2) is 39.6 Å². The minimum absolute atomic E-state index is 0.0759. The van der Waals surface area contributed by atoms with Crippen molar-refractivity contribution in [3.63, 3.8) is 0 Å². The minimum atomic E-state index is -0.236. The number of carbonyl (C=O) groups is 2. The maximum Gasteiger partial charge on any atom is 0.230 e. The molecule has 0 saturated carbocycles. The number of nitrogens with zero attached hydrogens (tertiary/aromatic N) is 2. The maximum absolute atomic E-state index is 11.8. The Morgan fingerprint density at radius 1 is 1.31 bits per heavy atom. The molecule has 0 aromatic carbocycles. The molecule has 0 bridgehead atoms. The van der Waals surface area contributed by atoms with Crippen molar-refractivity contribution in [3.8, 4) is 0 Å². The first-order valence-electron chi connectivity index (χ1n) is 5.58. The van der Waals surface area contributed by atoms with Crippen LogP contribution in [0.1, 0.15) is 36.3 Å². The highest BCUT2D eigenvalue weighted by molar-refractivity contribution is 6.05. The average Bonchev–Trinajstić information content (AvgIpc) is 2.83. The molecule has 1 aromatic rings. The van der Waals surface area contributed by atoms with Crippen molar-refractivity contribution in [3.05, 3.63) is 18.2 Å². The molecule has 16 heavy (non-hydrogen) atoms. The molecule has 1 aromatic heterocycles. The normalized spacial score (nSPS) is 16.1. The summed E-state index contributed by atoms with van der Waals surface area (Å²) >= 11 is 0. The number of Topliss-reactive ketones (excluding diaryl/α,β-unsaturated/α-hetero) is 1. The van der Waals surface area contributed by atoms with E-state index in [4.69, 9.17) is 0 Å². The van der Waals surface area contributed by atoms with E-state index in [9.17, 15) is 9.59 Å². The predicted molar refractivity (Wildman–Crippen MR) is 58.0 cm³/mol. The number of likely N-dealkylation sites (tertiary alicyclic amines) is 1. The molecule has 1 N–H and O–H groups in total. The van der Waals surface area contributed by atoms with E-state index in [0.29, 0.717) is 0 Å². The zero-order valence-corrected chi connectivity index (χ0v) is 9.11. The molecule has 5 heteroatoms. The van der Waals surface area contributed by atoms with Gasteiger partial charge in [-0.2, -0.15) is 0 Å². The fourth-order valence-corrected chi connectivity index (χ4v) is 1.89. The quantitative estimate of drug-likeness (QED) is 0.611. The van der Waals surface area contributed by atoms with Crippen LogP contribution in [0, 0.1) is 0 Å². The van der Waals surface area contributed by atoms with Crippen LogP contribution in [0.25, 0.3) is 0 Å². The van der Waals surface area contributed by atoms with E-state index in [1.807, 2.05) is 0 Å². The Morgan fingerprint density at radius 3 is 2.69 bits per heavy atom. The lowest BCUT2D eigenvalue weighted by atomic mass is 10.1. The second-order valence-electron chi connectivity index (χ2n) is 3.98. The van der Waals surface area contributed by atoms with E-state index in [2.05, 4.69) is 9.97 Å². The Bertz CT molecular complexity index is 367. The number of ketones is 1. The van der Waals surface area contributed by atoms with Gasteiger partial charge in [-0.25, -0.2) is 4.98 Å². The van der Waals surface area contributed by atoms with Gasteiger partial charge in [-0.05, 0) is 19.3 Å². The number of rotatable bonds is 3. The molecular formula is C11H15N3O2. The monoisotopic (exact) mass is 221 g/mol. The van der Waals surface area contributed by atoms with E-state index in [1.54, 1.807) is 11.1 Å². The first-order chi connectivity index (χ1) is 7.77. The molecule has 1 aliphatic heterocycles. The number of hydrogen-bond acceptors (Lipinski definition) is 3. The Kier molecular flexibility index (Phi) is 3.34. The molecule has 0 spiro atoms. The number of nitrogens with one attached hydrogen (secondary N) is 1. The van der Waals surface area contributed by atoms with Crippen molar-refractivity contribution in [1.29, 1.82) is 0 Å². The number of hydrogen-bond donors (Lipinski definition) is 1. The second kappa shape index (κ2) is 4.92. The zero-order valence-electron chi connectivity index (χ0n) is 9.11. The van der Waals surface area contributed by atoms with Gasteiger partial charge in [-0.15, -0.1) is 0 Å². The molecule has 86 valence electrons. The van der Waals surface area contributed by atoms with Crippen LogP contribution in [0.3, 0.4) is 0 Å². The molecular weight excluding hydrogens is 206 g/mol. The van der Waals surface area contributed by atoms with Crippen molar-refractivity contribution in [2.24, 2.45) is 0 Å². The molecule has 0 aliphatic carbocycles. The van der Waals surface area contributed by atoms with Crippen LogP contribution in [0.15, 0.2) is 12.4 Å². The van der Waals surface area contributed by atoms with E-state index < -0.39 is 0 Å². The molecule has 0 unspecified atom stereocenters. The van der Waals surface area contributed by atoms with Crippen molar-refractivity contribution in [2.45, 2.75) is 25.7 Å². The van der Waals surface area contributed by atoms with Gasteiger partial charge >= 0.3 is 0 Å². The third-order valence-electron chi connectivity index (χ3n) is 2.78. The highest BCUT2D eigenvalue weighted by atomic mass is 16.2. The third-order valence-corrected chi connectivity index (χ3v) is 2.78. The summed E-state index contributed by atoms with van der Waals surface area (Å²) in [4.78, 5) is 31.7. The van der Waals surface area contributed by atoms with Gasteiger partial charge in [0, 0.05) is 25.5 Å². The largest absolute Gasteiger partial charge is 0.342 e. The standard InChI is InChI=1S/C11H15N3O2/c15-9(11-12-4-5-13-11)8-10(16)14-6-2-1-3-7-14/h4-5H,1-3,6-8H2,(H,12,13). The Hall–Kier alpha value is -1.65. The van der Waals surface area contributed by atoms with Gasteiger partial charge in [-0.1, -0.05) is 0 Å². The van der Waals surface area contributed by atoms with Crippen molar-refractivity contribution in [1.82, 2.24) is 14.9 Å². The smallest absolute Gasteiger partial charge is 0.230 e. The number of H-pyrrole nitrogens is 1. The predicted octanol–water partition coefficient (Wildman–Crippen LogP) is 0.995. The lowest BCUT2D eigenvalue weighted by Crippen LogP contribution is -2.36. The summed E-state index contributed by atoms with van der Waals surface area (Å²) in [6.07, 6.45) is 6.28. The number of aromatic nitrogens is 2. The fraction of sp³-hybridized carbons (Fsp3) is 0.545. The summed E-state index contributed by atoms with van der Waals surface area (Å²) in [5, 5.41) is 0. The number of aromatic amines is 1. The van der Waals surface area contributed by atoms with Crippen LogP contribution in [0.2, 0.25) is 0 Å². The van der Waals surface area contributed by atoms with Gasteiger partial charge in [0.2, 0.25) is 11.7 Å². The lowest BCUT2D eigenvalue weighted by molar-refractivity contribution is -0.131.